The van der Waals surface area contributed by atoms with E-state index in [9.17, 15) is 15.0 Å². The van der Waals surface area contributed by atoms with Gasteiger partial charge in [-0.3, -0.25) is 0 Å². The highest BCUT2D eigenvalue weighted by atomic mass is 35.5. The van der Waals surface area contributed by atoms with Gasteiger partial charge in [-0.25, -0.2) is 9.78 Å². The molecule has 1 aromatic rings. The minimum absolute atomic E-state index is 0.0702. The number of hydrogen-bond acceptors (Lipinski definition) is 5. The highest BCUT2D eigenvalue weighted by molar-refractivity contribution is 6.18. The number of carbonyl (C=O) groups excluding carboxylic acids is 1. The third-order valence-corrected chi connectivity index (χ3v) is 2.31. The van der Waals surface area contributed by atoms with Gasteiger partial charge >= 0.3 is 5.97 Å². The van der Waals surface area contributed by atoms with Crippen molar-refractivity contribution in [2.24, 2.45) is 0 Å². The van der Waals surface area contributed by atoms with Crippen LogP contribution >= 0.6 is 11.6 Å². The maximum absolute atomic E-state index is 11.2. The summed E-state index contributed by atoms with van der Waals surface area (Å²) < 4.78 is 4.49. The van der Waals surface area contributed by atoms with Crippen LogP contribution in [0.4, 0.5) is 0 Å². The second-order valence-electron chi connectivity index (χ2n) is 3.11. The predicted octanol–water partition coefficient (Wildman–Crippen LogP) is 0.501. The van der Waals surface area contributed by atoms with Gasteiger partial charge in [0.2, 0.25) is 0 Å². The van der Waals surface area contributed by atoms with Crippen LogP contribution in [0.2, 0.25) is 0 Å². The van der Waals surface area contributed by atoms with E-state index in [4.69, 9.17) is 11.6 Å². The summed E-state index contributed by atoms with van der Waals surface area (Å²) in [6.45, 7) is 0. The van der Waals surface area contributed by atoms with Crippen LogP contribution in [0, 0.1) is 0 Å². The van der Waals surface area contributed by atoms with Crippen LogP contribution in [0.1, 0.15) is 22.3 Å². The first kappa shape index (κ1) is 12.9. The molecular weight excluding hydrogens is 234 g/mol. The number of halogens is 1. The Balaban J connectivity index is 2.94. The molecule has 0 aromatic carbocycles. The Morgan fingerprint density at radius 1 is 1.56 bits per heavy atom. The van der Waals surface area contributed by atoms with Crippen molar-refractivity contribution in [3.05, 3.63) is 29.6 Å². The van der Waals surface area contributed by atoms with Gasteiger partial charge in [0.1, 0.15) is 11.8 Å². The molecule has 2 unspecified atom stereocenters. The summed E-state index contributed by atoms with van der Waals surface area (Å²) in [7, 11) is 1.24. The lowest BCUT2D eigenvalue weighted by molar-refractivity contribution is 0.0296. The SMILES string of the molecule is COC(=O)c1cccc(C(O)C(O)CCl)n1. The second-order valence-corrected chi connectivity index (χ2v) is 3.41. The predicted molar refractivity (Wildman–Crippen MR) is 57.3 cm³/mol. The molecule has 0 spiro atoms. The van der Waals surface area contributed by atoms with Crippen LogP contribution in [-0.4, -0.2) is 40.3 Å². The van der Waals surface area contributed by atoms with Gasteiger partial charge in [-0.1, -0.05) is 6.07 Å². The van der Waals surface area contributed by atoms with Gasteiger partial charge in [0, 0.05) is 0 Å². The summed E-state index contributed by atoms with van der Waals surface area (Å²) in [6.07, 6.45) is -2.34. The van der Waals surface area contributed by atoms with Gasteiger partial charge in [0.25, 0.3) is 0 Å². The summed E-state index contributed by atoms with van der Waals surface area (Å²) in [5, 5.41) is 18.9. The van der Waals surface area contributed by atoms with Gasteiger partial charge in [0.05, 0.1) is 24.8 Å². The van der Waals surface area contributed by atoms with E-state index in [0.29, 0.717) is 0 Å². The van der Waals surface area contributed by atoms with Gasteiger partial charge < -0.3 is 14.9 Å². The van der Waals surface area contributed by atoms with E-state index in [-0.39, 0.29) is 17.3 Å². The monoisotopic (exact) mass is 245 g/mol. The lowest BCUT2D eigenvalue weighted by Gasteiger charge is -2.14. The largest absolute Gasteiger partial charge is 0.464 e. The molecule has 0 amide bonds. The molecule has 1 rings (SSSR count). The standard InChI is InChI=1S/C10H12ClNO4/c1-16-10(15)7-4-2-3-6(12-7)9(14)8(13)5-11/h2-4,8-9,13-14H,5H2,1H3. The Kier molecular flexibility index (Phi) is 4.67. The number of pyridine rings is 1. The van der Waals surface area contributed by atoms with E-state index in [0.717, 1.165) is 0 Å². The van der Waals surface area contributed by atoms with Crippen molar-refractivity contribution in [3.8, 4) is 0 Å². The Hall–Kier alpha value is -1.17. The van der Waals surface area contributed by atoms with E-state index >= 15 is 0 Å². The molecule has 0 aliphatic heterocycles. The molecule has 1 aromatic heterocycles. The lowest BCUT2D eigenvalue weighted by Crippen LogP contribution is -2.21. The molecule has 0 radical (unpaired) electrons. The zero-order chi connectivity index (χ0) is 12.1. The van der Waals surface area contributed by atoms with Crippen molar-refractivity contribution >= 4 is 17.6 Å². The average molecular weight is 246 g/mol. The average Bonchev–Trinajstić information content (AvgIpc) is 2.36. The fraction of sp³-hybridized carbons (Fsp3) is 0.400. The molecule has 0 saturated carbocycles. The minimum atomic E-state index is -1.22. The third-order valence-electron chi connectivity index (χ3n) is 1.99. The molecule has 5 nitrogen and oxygen atoms in total. The minimum Gasteiger partial charge on any atom is -0.464 e. The number of esters is 1. The first-order chi connectivity index (χ1) is 7.60. The van der Waals surface area contributed by atoms with Gasteiger partial charge in [-0.05, 0) is 12.1 Å². The van der Waals surface area contributed by atoms with Crippen molar-refractivity contribution in [2.45, 2.75) is 12.2 Å². The molecule has 0 aliphatic carbocycles. The molecular formula is C10H12ClNO4. The van der Waals surface area contributed by atoms with Gasteiger partial charge in [-0.2, -0.15) is 0 Å². The number of carbonyl (C=O) groups is 1. The number of rotatable bonds is 4. The Morgan fingerprint density at radius 2 is 2.25 bits per heavy atom. The molecule has 88 valence electrons. The smallest absolute Gasteiger partial charge is 0.356 e. The quantitative estimate of drug-likeness (QED) is 0.597. The first-order valence-electron chi connectivity index (χ1n) is 4.57. The normalized spacial score (nSPS) is 14.2. The molecule has 0 saturated heterocycles. The maximum Gasteiger partial charge on any atom is 0.356 e. The highest BCUT2D eigenvalue weighted by Gasteiger charge is 2.20. The fourth-order valence-corrected chi connectivity index (χ4v) is 1.28. The summed E-state index contributed by atoms with van der Waals surface area (Å²) in [4.78, 5) is 15.0. The number of methoxy groups -OCH3 is 1. The number of hydrogen-bond donors (Lipinski definition) is 2. The second kappa shape index (κ2) is 5.79. The Bertz CT molecular complexity index is 372. The Labute approximate surface area is 97.6 Å². The van der Waals surface area contributed by atoms with Crippen molar-refractivity contribution in [1.82, 2.24) is 4.98 Å². The summed E-state index contributed by atoms with van der Waals surface area (Å²) in [5.41, 5.74) is 0.247. The highest BCUT2D eigenvalue weighted by Crippen LogP contribution is 2.16. The Morgan fingerprint density at radius 3 is 2.81 bits per heavy atom. The molecule has 2 atom stereocenters. The zero-order valence-electron chi connectivity index (χ0n) is 8.63. The first-order valence-corrected chi connectivity index (χ1v) is 5.11. The lowest BCUT2D eigenvalue weighted by atomic mass is 10.1. The van der Waals surface area contributed by atoms with Crippen molar-refractivity contribution < 1.29 is 19.7 Å². The number of nitrogens with zero attached hydrogens (tertiary/aromatic N) is 1. The topological polar surface area (TPSA) is 79.7 Å². The number of alkyl halides is 1. The third kappa shape index (κ3) is 2.91. The van der Waals surface area contributed by atoms with Gasteiger partial charge in [0.15, 0.2) is 0 Å². The van der Waals surface area contributed by atoms with Crippen LogP contribution in [-0.2, 0) is 4.74 Å². The number of aromatic nitrogens is 1. The van der Waals surface area contributed by atoms with E-state index in [1.807, 2.05) is 0 Å². The maximum atomic E-state index is 11.2. The van der Waals surface area contributed by atoms with E-state index in [1.165, 1.54) is 19.2 Å². The van der Waals surface area contributed by atoms with Crippen LogP contribution in [0.3, 0.4) is 0 Å². The summed E-state index contributed by atoms with van der Waals surface area (Å²) in [6, 6.07) is 4.49. The van der Waals surface area contributed by atoms with Crippen molar-refractivity contribution in [1.29, 1.82) is 0 Å². The van der Waals surface area contributed by atoms with E-state index in [1.54, 1.807) is 6.07 Å². The van der Waals surface area contributed by atoms with Crippen molar-refractivity contribution in [3.63, 3.8) is 0 Å². The summed E-state index contributed by atoms with van der Waals surface area (Å²) in [5.74, 6) is -0.722. The molecule has 2 N–H and O–H groups in total. The molecule has 0 fully saturated rings. The van der Waals surface area contributed by atoms with E-state index in [2.05, 4.69) is 9.72 Å². The molecule has 6 heteroatoms. The fourth-order valence-electron chi connectivity index (χ4n) is 1.12. The number of aliphatic hydroxyl groups is 2. The number of aliphatic hydroxyl groups excluding tert-OH is 2. The molecule has 16 heavy (non-hydrogen) atoms. The molecule has 0 aliphatic rings. The summed E-state index contributed by atoms with van der Waals surface area (Å²) >= 11 is 5.40. The molecule has 1 heterocycles. The van der Waals surface area contributed by atoms with Crippen LogP contribution in [0.25, 0.3) is 0 Å². The van der Waals surface area contributed by atoms with Gasteiger partial charge in [-0.15, -0.1) is 11.6 Å². The molecule has 0 bridgehead atoms. The van der Waals surface area contributed by atoms with E-state index < -0.39 is 18.2 Å². The van der Waals surface area contributed by atoms with Crippen molar-refractivity contribution in [2.75, 3.05) is 13.0 Å². The zero-order valence-corrected chi connectivity index (χ0v) is 9.39. The van der Waals surface area contributed by atoms with Crippen LogP contribution < -0.4 is 0 Å². The van der Waals surface area contributed by atoms with Crippen LogP contribution in [0.5, 0.6) is 0 Å². The van der Waals surface area contributed by atoms with Crippen LogP contribution in [0.15, 0.2) is 18.2 Å². The number of ether oxygens (including phenoxy) is 1.